The Kier molecular flexibility index (Phi) is 2.49. The first kappa shape index (κ1) is 10.5. The predicted octanol–water partition coefficient (Wildman–Crippen LogP) is 4.15. The molecule has 1 aliphatic carbocycles. The van der Waals surface area contributed by atoms with E-state index in [-0.39, 0.29) is 5.92 Å². The normalized spacial score (nSPS) is 21.2. The Bertz CT molecular complexity index is 366. The van der Waals surface area contributed by atoms with Crippen LogP contribution >= 0.6 is 0 Å². The van der Waals surface area contributed by atoms with E-state index in [1.165, 1.54) is 12.1 Å². The molecule has 0 aliphatic heterocycles. The third-order valence-corrected chi connectivity index (χ3v) is 3.08. The molecule has 0 saturated carbocycles. The summed E-state index contributed by atoms with van der Waals surface area (Å²) in [5.74, 6) is 0.0339. The third-order valence-electron chi connectivity index (χ3n) is 3.08. The quantitative estimate of drug-likeness (QED) is 0.608. The smallest absolute Gasteiger partial charge is 0.166 e. The minimum atomic E-state index is -4.21. The second-order valence-corrected chi connectivity index (χ2v) is 4.17. The zero-order chi connectivity index (χ0) is 11.1. The molecule has 1 aromatic rings. The van der Waals surface area contributed by atoms with Crippen LogP contribution in [0.25, 0.3) is 0 Å². The summed E-state index contributed by atoms with van der Waals surface area (Å²) >= 11 is 0. The van der Waals surface area contributed by atoms with E-state index >= 15 is 0 Å². The van der Waals surface area contributed by atoms with E-state index in [0.29, 0.717) is 5.56 Å². The number of alkyl halides is 3. The number of hydrogen-bond donors (Lipinski definition) is 0. The van der Waals surface area contributed by atoms with Crippen LogP contribution in [-0.4, -0.2) is 0 Å². The molecule has 3 heteroatoms. The highest BCUT2D eigenvalue weighted by Crippen LogP contribution is 2.40. The van der Waals surface area contributed by atoms with Gasteiger partial charge in [-0.1, -0.05) is 19.1 Å². The predicted molar refractivity (Wildman–Crippen MR) is 52.8 cm³/mol. The minimum absolute atomic E-state index is 0.0339. The highest BCUT2D eigenvalue weighted by molar-refractivity contribution is 5.41. The van der Waals surface area contributed by atoms with Crippen molar-refractivity contribution in [3.8, 4) is 0 Å². The van der Waals surface area contributed by atoms with Gasteiger partial charge in [-0.25, -0.2) is 0 Å². The molecular weight excluding hydrogens is 201 g/mol. The van der Waals surface area contributed by atoms with Crippen molar-refractivity contribution in [1.82, 2.24) is 0 Å². The lowest BCUT2D eigenvalue weighted by Gasteiger charge is -2.26. The van der Waals surface area contributed by atoms with E-state index in [1.54, 1.807) is 0 Å². The SMILES string of the molecule is CC1CCCc2cccc(C(F)(F)F)c21. The van der Waals surface area contributed by atoms with E-state index in [9.17, 15) is 13.2 Å². The van der Waals surface area contributed by atoms with Crippen molar-refractivity contribution < 1.29 is 13.2 Å². The number of aryl methyl sites for hydroxylation is 1. The molecule has 0 saturated heterocycles. The third kappa shape index (κ3) is 1.87. The van der Waals surface area contributed by atoms with Crippen molar-refractivity contribution in [3.05, 3.63) is 34.9 Å². The molecule has 0 radical (unpaired) electrons. The van der Waals surface area contributed by atoms with Crippen LogP contribution in [0.3, 0.4) is 0 Å². The first-order chi connectivity index (χ1) is 7.00. The van der Waals surface area contributed by atoms with Crippen LogP contribution in [0, 0.1) is 0 Å². The first-order valence-electron chi connectivity index (χ1n) is 5.19. The molecule has 1 aliphatic rings. The van der Waals surface area contributed by atoms with Crippen LogP contribution in [0.4, 0.5) is 13.2 Å². The van der Waals surface area contributed by atoms with Gasteiger partial charge in [-0.15, -0.1) is 0 Å². The molecule has 0 spiro atoms. The standard InChI is InChI=1S/C12H13F3/c1-8-4-2-5-9-6-3-7-10(11(8)9)12(13,14)15/h3,6-8H,2,4-5H2,1H3. The van der Waals surface area contributed by atoms with Gasteiger partial charge in [-0.05, 0) is 42.4 Å². The van der Waals surface area contributed by atoms with E-state index in [2.05, 4.69) is 0 Å². The van der Waals surface area contributed by atoms with E-state index in [4.69, 9.17) is 0 Å². The summed E-state index contributed by atoms with van der Waals surface area (Å²) in [5.41, 5.74) is 0.965. The summed E-state index contributed by atoms with van der Waals surface area (Å²) < 4.78 is 38.2. The Hall–Kier alpha value is -0.990. The summed E-state index contributed by atoms with van der Waals surface area (Å²) in [6.45, 7) is 1.88. The molecule has 1 atom stereocenters. The molecule has 0 heterocycles. The number of hydrogen-bond acceptors (Lipinski definition) is 0. The molecule has 0 fully saturated rings. The van der Waals surface area contributed by atoms with Gasteiger partial charge in [0, 0.05) is 0 Å². The van der Waals surface area contributed by atoms with Gasteiger partial charge in [0.2, 0.25) is 0 Å². The molecule has 2 rings (SSSR count). The average molecular weight is 214 g/mol. The lowest BCUT2D eigenvalue weighted by molar-refractivity contribution is -0.138. The lowest BCUT2D eigenvalue weighted by Crippen LogP contribution is -2.16. The fourth-order valence-corrected chi connectivity index (χ4v) is 2.40. The van der Waals surface area contributed by atoms with Gasteiger partial charge >= 0.3 is 6.18 Å². The van der Waals surface area contributed by atoms with Crippen molar-refractivity contribution >= 4 is 0 Å². The van der Waals surface area contributed by atoms with E-state index < -0.39 is 11.7 Å². The number of rotatable bonds is 0. The fourth-order valence-electron chi connectivity index (χ4n) is 2.40. The average Bonchev–Trinajstić information content (AvgIpc) is 2.16. The molecule has 0 N–H and O–H groups in total. The maximum Gasteiger partial charge on any atom is 0.416 e. The van der Waals surface area contributed by atoms with Crippen LogP contribution in [0.15, 0.2) is 18.2 Å². The largest absolute Gasteiger partial charge is 0.416 e. The minimum Gasteiger partial charge on any atom is -0.166 e. The highest BCUT2D eigenvalue weighted by Gasteiger charge is 2.36. The highest BCUT2D eigenvalue weighted by atomic mass is 19.4. The van der Waals surface area contributed by atoms with Crippen molar-refractivity contribution in [2.75, 3.05) is 0 Å². The van der Waals surface area contributed by atoms with Crippen LogP contribution in [-0.2, 0) is 12.6 Å². The van der Waals surface area contributed by atoms with Gasteiger partial charge in [0.05, 0.1) is 5.56 Å². The molecule has 1 aromatic carbocycles. The second kappa shape index (κ2) is 3.54. The zero-order valence-corrected chi connectivity index (χ0v) is 8.56. The molecule has 0 nitrogen and oxygen atoms in total. The number of fused-ring (bicyclic) bond motifs is 1. The van der Waals surface area contributed by atoms with Crippen LogP contribution in [0.5, 0.6) is 0 Å². The Labute approximate surface area is 87.1 Å². The van der Waals surface area contributed by atoms with Crippen LogP contribution < -0.4 is 0 Å². The van der Waals surface area contributed by atoms with E-state index in [0.717, 1.165) is 24.8 Å². The lowest BCUT2D eigenvalue weighted by atomic mass is 9.81. The van der Waals surface area contributed by atoms with Gasteiger partial charge in [0.15, 0.2) is 0 Å². The molecule has 15 heavy (non-hydrogen) atoms. The van der Waals surface area contributed by atoms with Gasteiger partial charge in [-0.2, -0.15) is 13.2 Å². The summed E-state index contributed by atoms with van der Waals surface area (Å²) in [4.78, 5) is 0. The Morgan fingerprint density at radius 2 is 2.00 bits per heavy atom. The Morgan fingerprint density at radius 1 is 1.27 bits per heavy atom. The summed E-state index contributed by atoms with van der Waals surface area (Å²) in [6.07, 6.45) is -1.57. The topological polar surface area (TPSA) is 0 Å². The molecule has 0 bridgehead atoms. The summed E-state index contributed by atoms with van der Waals surface area (Å²) in [5, 5.41) is 0. The van der Waals surface area contributed by atoms with Gasteiger partial charge in [0.25, 0.3) is 0 Å². The molecule has 0 aromatic heterocycles. The molecular formula is C12H13F3. The first-order valence-corrected chi connectivity index (χ1v) is 5.19. The monoisotopic (exact) mass is 214 g/mol. The summed E-state index contributed by atoms with van der Waals surface area (Å²) in [7, 11) is 0. The fraction of sp³-hybridized carbons (Fsp3) is 0.500. The van der Waals surface area contributed by atoms with Gasteiger partial charge in [0.1, 0.15) is 0 Å². The summed E-state index contributed by atoms with van der Waals surface area (Å²) in [6, 6.07) is 4.53. The van der Waals surface area contributed by atoms with Gasteiger partial charge in [-0.3, -0.25) is 0 Å². The maximum absolute atomic E-state index is 12.7. The maximum atomic E-state index is 12.7. The molecule has 82 valence electrons. The van der Waals surface area contributed by atoms with Crippen LogP contribution in [0.1, 0.15) is 42.4 Å². The van der Waals surface area contributed by atoms with Crippen molar-refractivity contribution in [2.45, 2.75) is 38.3 Å². The van der Waals surface area contributed by atoms with Crippen LogP contribution in [0.2, 0.25) is 0 Å². The second-order valence-electron chi connectivity index (χ2n) is 4.17. The molecule has 1 unspecified atom stereocenters. The Morgan fingerprint density at radius 3 is 2.67 bits per heavy atom. The van der Waals surface area contributed by atoms with Crippen molar-refractivity contribution in [3.63, 3.8) is 0 Å². The van der Waals surface area contributed by atoms with E-state index in [1.807, 2.05) is 13.0 Å². The zero-order valence-electron chi connectivity index (χ0n) is 8.56. The van der Waals surface area contributed by atoms with Crippen molar-refractivity contribution in [1.29, 1.82) is 0 Å². The number of halogens is 3. The van der Waals surface area contributed by atoms with Crippen molar-refractivity contribution in [2.24, 2.45) is 0 Å². The van der Waals surface area contributed by atoms with Gasteiger partial charge < -0.3 is 0 Å². The number of benzene rings is 1. The Balaban J connectivity index is 2.57. The molecule has 0 amide bonds.